The minimum Gasteiger partial charge on any atom is -0.490 e. The maximum Gasteiger partial charge on any atom is 0.261 e. The molecule has 0 aliphatic carbocycles. The van der Waals surface area contributed by atoms with E-state index in [0.29, 0.717) is 34.5 Å². The molecular formula is C21H23N3O3S. The van der Waals surface area contributed by atoms with E-state index in [1.165, 1.54) is 11.3 Å². The van der Waals surface area contributed by atoms with Crippen LogP contribution in [0.4, 0.5) is 10.8 Å². The molecule has 3 N–H and O–H groups in total. The maximum atomic E-state index is 12.8. The number of anilines is 2. The third-order valence-corrected chi connectivity index (χ3v) is 4.63. The Morgan fingerprint density at radius 2 is 2.07 bits per heavy atom. The average Bonchev–Trinajstić information content (AvgIpc) is 3.05. The van der Waals surface area contributed by atoms with Crippen molar-refractivity contribution in [2.24, 2.45) is 0 Å². The molecule has 0 aliphatic rings. The van der Waals surface area contributed by atoms with Crippen LogP contribution < -0.4 is 20.5 Å². The van der Waals surface area contributed by atoms with Gasteiger partial charge in [-0.15, -0.1) is 11.3 Å². The van der Waals surface area contributed by atoms with E-state index < -0.39 is 0 Å². The van der Waals surface area contributed by atoms with E-state index in [9.17, 15) is 4.79 Å². The second-order valence-electron chi connectivity index (χ2n) is 6.61. The molecule has 1 amide bonds. The lowest BCUT2D eigenvalue weighted by molar-refractivity contribution is 0.102. The first-order valence-electron chi connectivity index (χ1n) is 8.92. The number of carbonyl (C=O) groups excluding carboxylic acids is 1. The second kappa shape index (κ2) is 8.75. The van der Waals surface area contributed by atoms with Gasteiger partial charge in [-0.1, -0.05) is 12.1 Å². The first-order chi connectivity index (χ1) is 13.4. The zero-order valence-electron chi connectivity index (χ0n) is 16.1. The third-order valence-electron chi connectivity index (χ3n) is 3.75. The average molecular weight is 398 g/mol. The predicted octanol–water partition coefficient (Wildman–Crippen LogP) is 4.65. The summed E-state index contributed by atoms with van der Waals surface area (Å²) in [4.78, 5) is 17.1. The van der Waals surface area contributed by atoms with Crippen LogP contribution >= 0.6 is 11.3 Å². The van der Waals surface area contributed by atoms with Gasteiger partial charge in [0.2, 0.25) is 0 Å². The molecule has 0 aliphatic heterocycles. The summed E-state index contributed by atoms with van der Waals surface area (Å²) >= 11 is 1.38. The van der Waals surface area contributed by atoms with Crippen molar-refractivity contribution in [2.45, 2.75) is 33.5 Å². The van der Waals surface area contributed by atoms with Crippen LogP contribution in [0.2, 0.25) is 0 Å². The Balaban J connectivity index is 1.80. The molecule has 2 aromatic carbocycles. The van der Waals surface area contributed by atoms with Crippen LogP contribution in [0.3, 0.4) is 0 Å². The van der Waals surface area contributed by atoms with Gasteiger partial charge < -0.3 is 15.2 Å². The molecule has 0 saturated carbocycles. The highest BCUT2D eigenvalue weighted by Crippen LogP contribution is 2.27. The van der Waals surface area contributed by atoms with Gasteiger partial charge in [-0.05, 0) is 56.7 Å². The number of ether oxygens (including phenoxy) is 2. The number of carbonyl (C=O) groups is 1. The van der Waals surface area contributed by atoms with Crippen molar-refractivity contribution < 1.29 is 14.3 Å². The summed E-state index contributed by atoms with van der Waals surface area (Å²) < 4.78 is 11.6. The van der Waals surface area contributed by atoms with Gasteiger partial charge in [-0.25, -0.2) is 4.98 Å². The molecular weight excluding hydrogens is 374 g/mol. The Morgan fingerprint density at radius 3 is 2.75 bits per heavy atom. The lowest BCUT2D eigenvalue weighted by Gasteiger charge is -2.15. The number of thiazole rings is 1. The van der Waals surface area contributed by atoms with Crippen LogP contribution in [-0.2, 0) is 6.61 Å². The third kappa shape index (κ3) is 5.23. The number of benzene rings is 2. The lowest BCUT2D eigenvalue weighted by atomic mass is 10.1. The fourth-order valence-corrected chi connectivity index (χ4v) is 3.24. The molecule has 6 nitrogen and oxygen atoms in total. The molecule has 28 heavy (non-hydrogen) atoms. The van der Waals surface area contributed by atoms with Crippen molar-refractivity contribution in [1.29, 1.82) is 0 Å². The zero-order chi connectivity index (χ0) is 20.1. The fourth-order valence-electron chi connectivity index (χ4n) is 2.56. The Kier molecular flexibility index (Phi) is 6.16. The van der Waals surface area contributed by atoms with E-state index in [4.69, 9.17) is 15.2 Å². The van der Waals surface area contributed by atoms with Crippen molar-refractivity contribution in [3.05, 3.63) is 64.7 Å². The predicted molar refractivity (Wildman–Crippen MR) is 112 cm³/mol. The number of hydrogen-bond donors (Lipinski definition) is 2. The van der Waals surface area contributed by atoms with Crippen LogP contribution in [0.5, 0.6) is 11.5 Å². The van der Waals surface area contributed by atoms with E-state index in [1.807, 2.05) is 50.4 Å². The van der Waals surface area contributed by atoms with Crippen molar-refractivity contribution in [3.63, 3.8) is 0 Å². The highest BCUT2D eigenvalue weighted by atomic mass is 32.1. The summed E-state index contributed by atoms with van der Waals surface area (Å²) in [6.45, 7) is 6.05. The van der Waals surface area contributed by atoms with Gasteiger partial charge >= 0.3 is 0 Å². The van der Waals surface area contributed by atoms with E-state index in [0.717, 1.165) is 11.3 Å². The molecule has 0 radical (unpaired) electrons. The molecule has 146 valence electrons. The molecule has 0 bridgehead atoms. The number of hydrogen-bond acceptors (Lipinski definition) is 6. The topological polar surface area (TPSA) is 86.5 Å². The van der Waals surface area contributed by atoms with Crippen LogP contribution in [0.1, 0.15) is 35.5 Å². The molecule has 1 aromatic heterocycles. The largest absolute Gasteiger partial charge is 0.490 e. The van der Waals surface area contributed by atoms with Crippen LogP contribution in [-0.4, -0.2) is 17.0 Å². The summed E-state index contributed by atoms with van der Waals surface area (Å²) in [6, 6.07) is 12.7. The zero-order valence-corrected chi connectivity index (χ0v) is 16.9. The summed E-state index contributed by atoms with van der Waals surface area (Å²) in [6.07, 6.45) is -0.0623. The summed E-state index contributed by atoms with van der Waals surface area (Å²) in [7, 11) is 0. The van der Waals surface area contributed by atoms with E-state index in [-0.39, 0.29) is 12.0 Å². The molecule has 0 spiro atoms. The van der Waals surface area contributed by atoms with E-state index >= 15 is 0 Å². The summed E-state index contributed by atoms with van der Waals surface area (Å²) in [5.74, 6) is 0.774. The maximum absolute atomic E-state index is 12.8. The van der Waals surface area contributed by atoms with E-state index in [1.54, 1.807) is 18.2 Å². The van der Waals surface area contributed by atoms with Crippen LogP contribution in [0, 0.1) is 6.92 Å². The number of amides is 1. The van der Waals surface area contributed by atoms with Crippen LogP contribution in [0.15, 0.2) is 47.8 Å². The number of nitrogens with two attached hydrogens (primary N) is 1. The van der Waals surface area contributed by atoms with Crippen molar-refractivity contribution in [3.8, 4) is 11.5 Å². The number of nitrogens with one attached hydrogen (secondary N) is 1. The van der Waals surface area contributed by atoms with Gasteiger partial charge in [0.05, 0.1) is 17.4 Å². The first kappa shape index (κ1) is 19.7. The quantitative estimate of drug-likeness (QED) is 0.567. The first-order valence-corrected chi connectivity index (χ1v) is 9.80. The molecule has 1 heterocycles. The number of nitrogens with zero attached hydrogens (tertiary/aromatic N) is 1. The monoisotopic (exact) mass is 397 g/mol. The Morgan fingerprint density at radius 1 is 1.25 bits per heavy atom. The highest BCUT2D eigenvalue weighted by Gasteiger charge is 2.17. The minimum atomic E-state index is -0.292. The van der Waals surface area contributed by atoms with Crippen molar-refractivity contribution in [2.75, 3.05) is 11.1 Å². The number of aryl methyl sites for hydroxylation is 1. The molecule has 7 heteroatoms. The molecule has 3 rings (SSSR count). The van der Waals surface area contributed by atoms with Gasteiger partial charge in [0.1, 0.15) is 18.1 Å². The second-order valence-corrected chi connectivity index (χ2v) is 7.46. The normalized spacial score (nSPS) is 10.7. The number of rotatable bonds is 7. The standard InChI is InChI=1S/C21H23N3O3S/c1-13(2)27-19-8-7-17(26-11-15-5-4-6-16(22)9-15)10-18(19)20(25)24-21-23-14(3)12-28-21/h4-10,12-13H,11,22H2,1-3H3,(H,23,24,25). The molecule has 0 atom stereocenters. The summed E-state index contributed by atoms with van der Waals surface area (Å²) in [5.41, 5.74) is 8.69. The smallest absolute Gasteiger partial charge is 0.261 e. The van der Waals surface area contributed by atoms with Crippen molar-refractivity contribution in [1.82, 2.24) is 4.98 Å². The van der Waals surface area contributed by atoms with E-state index in [2.05, 4.69) is 10.3 Å². The molecule has 0 saturated heterocycles. The lowest BCUT2D eigenvalue weighted by Crippen LogP contribution is -2.16. The van der Waals surface area contributed by atoms with Gasteiger partial charge in [-0.2, -0.15) is 0 Å². The Labute approximate surface area is 168 Å². The molecule has 3 aromatic rings. The van der Waals surface area contributed by atoms with Crippen LogP contribution in [0.25, 0.3) is 0 Å². The highest BCUT2D eigenvalue weighted by molar-refractivity contribution is 7.13. The SMILES string of the molecule is Cc1csc(NC(=O)c2cc(OCc3cccc(N)c3)ccc2OC(C)C)n1. The van der Waals surface area contributed by atoms with Gasteiger partial charge in [-0.3, -0.25) is 10.1 Å². The minimum absolute atomic E-state index is 0.0623. The summed E-state index contributed by atoms with van der Waals surface area (Å²) in [5, 5.41) is 5.24. The molecule has 0 unspecified atom stereocenters. The van der Waals surface area contributed by atoms with Gasteiger partial charge in [0.15, 0.2) is 5.13 Å². The Hall–Kier alpha value is -3.06. The molecule has 0 fully saturated rings. The van der Waals surface area contributed by atoms with Crippen molar-refractivity contribution >= 4 is 28.1 Å². The van der Waals surface area contributed by atoms with Gasteiger partial charge in [0, 0.05) is 11.1 Å². The fraction of sp³-hybridized carbons (Fsp3) is 0.238. The number of aromatic nitrogens is 1. The number of nitrogen functional groups attached to an aromatic ring is 1. The Bertz CT molecular complexity index is 969. The van der Waals surface area contributed by atoms with Gasteiger partial charge in [0.25, 0.3) is 5.91 Å².